The minimum absolute atomic E-state index is 0.369. The van der Waals surface area contributed by atoms with Crippen molar-refractivity contribution in [3.63, 3.8) is 0 Å². The molecule has 0 saturated heterocycles. The maximum absolute atomic E-state index is 11.0. The number of hydrogen-bond donors (Lipinski definition) is 1. The van der Waals surface area contributed by atoms with Crippen molar-refractivity contribution in [3.05, 3.63) is 60.2 Å². The van der Waals surface area contributed by atoms with Gasteiger partial charge in [0.25, 0.3) is 5.12 Å². The van der Waals surface area contributed by atoms with Crippen molar-refractivity contribution in [3.8, 4) is 0 Å². The molecule has 1 heterocycles. The Morgan fingerprint density at radius 1 is 0.821 bits per heavy atom. The van der Waals surface area contributed by atoms with E-state index >= 15 is 0 Å². The molecule has 0 radical (unpaired) electrons. The van der Waals surface area contributed by atoms with Crippen LogP contribution in [0.3, 0.4) is 0 Å². The molecule has 0 N–H and O–H groups in total. The molecule has 1 aliphatic heterocycles. The zero-order chi connectivity index (χ0) is 21.7. The number of thiol groups is 1. The monoisotopic (exact) mass is 532 g/mol. The maximum Gasteiger partial charge on any atom is 0.643 e. The molecule has 148 valence electrons. The van der Waals surface area contributed by atoms with Gasteiger partial charge in [0.1, 0.15) is 0 Å². The first-order chi connectivity index (χ1) is 13.1. The summed E-state index contributed by atoms with van der Waals surface area (Å²) in [6.45, 7) is 0. The third-order valence-corrected chi connectivity index (χ3v) is 4.12. The summed E-state index contributed by atoms with van der Waals surface area (Å²) in [7, 11) is 14.8. The van der Waals surface area contributed by atoms with Crippen molar-refractivity contribution in [2.24, 2.45) is 0 Å². The van der Waals surface area contributed by atoms with Gasteiger partial charge in [-0.25, -0.2) is 30.1 Å². The van der Waals surface area contributed by atoms with Gasteiger partial charge >= 0.3 is 21.9 Å². The van der Waals surface area contributed by atoms with Gasteiger partial charge in [0.2, 0.25) is 5.78 Å². The number of carbonyl (C=O) groups excluding carboxylic acids is 4. The molecule has 28 heavy (non-hydrogen) atoms. The molecular formula is C16H10AlCl5O4S2. The van der Waals surface area contributed by atoms with Crippen LogP contribution in [0, 0.1) is 0 Å². The van der Waals surface area contributed by atoms with E-state index in [1.165, 1.54) is 0 Å². The van der Waals surface area contributed by atoms with Crippen LogP contribution in [0.5, 0.6) is 0 Å². The molecule has 0 unspecified atom stereocenters. The Hall–Kier alpha value is -0.198. The van der Waals surface area contributed by atoms with E-state index in [1.54, 1.807) is 18.2 Å². The van der Waals surface area contributed by atoms with Gasteiger partial charge in [-0.2, -0.15) is 0 Å². The number of rotatable bonds is 1. The molecule has 0 spiro atoms. The second-order valence-electron chi connectivity index (χ2n) is 4.35. The first-order valence-corrected chi connectivity index (χ1v) is 14.2. The molecule has 2 aromatic rings. The zero-order valence-corrected chi connectivity index (χ0v) is 20.3. The Morgan fingerprint density at radius 2 is 1.25 bits per heavy atom. The van der Waals surface area contributed by atoms with Gasteiger partial charge in [0.05, 0.1) is 0 Å². The van der Waals surface area contributed by atoms with E-state index in [4.69, 9.17) is 30.1 Å². The van der Waals surface area contributed by atoms with Crippen molar-refractivity contribution >= 4 is 111 Å². The molecule has 0 aromatic heterocycles. The normalized spacial score (nSPS) is 10.8. The van der Waals surface area contributed by atoms with Crippen molar-refractivity contribution in [2.75, 3.05) is 0 Å². The minimum atomic E-state index is -1.72. The van der Waals surface area contributed by atoms with Crippen LogP contribution < -0.4 is 0 Å². The van der Waals surface area contributed by atoms with Gasteiger partial charge < -0.3 is 0 Å². The van der Waals surface area contributed by atoms with Gasteiger partial charge in [0, 0.05) is 15.4 Å². The second-order valence-corrected chi connectivity index (χ2v) is 13.0. The fraction of sp³-hybridized carbons (Fsp3) is 0. The molecular weight excluding hydrogens is 525 g/mol. The molecule has 0 saturated carbocycles. The van der Waals surface area contributed by atoms with E-state index < -0.39 is 21.9 Å². The molecule has 3 rings (SSSR count). The number of Topliss-reactive ketones (excluding diaryl/α,β-unsaturated/α-hetero) is 1. The van der Waals surface area contributed by atoms with E-state index in [2.05, 4.69) is 35.8 Å². The maximum atomic E-state index is 11.0. The summed E-state index contributed by atoms with van der Waals surface area (Å²) in [5.41, 5.74) is 0.544. The van der Waals surface area contributed by atoms with Crippen LogP contribution >= 0.6 is 77.7 Å². The highest BCUT2D eigenvalue weighted by Gasteiger charge is 2.28. The van der Waals surface area contributed by atoms with Crippen LogP contribution in [0.4, 0.5) is 0 Å². The van der Waals surface area contributed by atoms with Crippen LogP contribution in [-0.4, -0.2) is 32.8 Å². The lowest BCUT2D eigenvalue weighted by molar-refractivity contribution is -0.127. The average molecular weight is 535 g/mol. The number of fused-ring (bicyclic) bond motifs is 1. The molecule has 12 heteroatoms. The van der Waals surface area contributed by atoms with Crippen molar-refractivity contribution in [2.45, 2.75) is 9.79 Å². The summed E-state index contributed by atoms with van der Waals surface area (Å²) in [4.78, 5) is 42.5. The standard InChI is InChI=1S/C8H4O2S.C6H6S.C2Cl2O2.Al.3ClH/c9-7-5-3-1-2-4-6(5)11-8(7)10;7-6-4-2-1-3-5-6;3-1(5)2(4)6;;;;/h1-4H;1-5,7H;;;3*1H/q;;;+3;;;/p-3. The van der Waals surface area contributed by atoms with Crippen LogP contribution in [0.1, 0.15) is 10.4 Å². The zero-order valence-electron chi connectivity index (χ0n) is 13.7. The molecule has 0 amide bonds. The third-order valence-electron chi connectivity index (χ3n) is 2.43. The first kappa shape index (κ1) is 27.8. The quantitative estimate of drug-likeness (QED) is 0.221. The van der Waals surface area contributed by atoms with Crippen molar-refractivity contribution < 1.29 is 19.2 Å². The largest absolute Gasteiger partial charge is 0.643 e. The molecule has 0 fully saturated rings. The molecule has 4 nitrogen and oxygen atoms in total. The molecule has 0 atom stereocenters. The summed E-state index contributed by atoms with van der Waals surface area (Å²) in [6.07, 6.45) is 0. The van der Waals surface area contributed by atoms with E-state index in [0.29, 0.717) is 5.56 Å². The second kappa shape index (κ2) is 15.6. The number of benzene rings is 2. The highest BCUT2D eigenvalue weighted by Crippen LogP contribution is 2.31. The molecule has 2 aromatic carbocycles. The van der Waals surface area contributed by atoms with Gasteiger partial charge in [-0.3, -0.25) is 19.2 Å². The lowest BCUT2D eigenvalue weighted by Crippen LogP contribution is -2.01. The van der Waals surface area contributed by atoms with E-state index in [-0.39, 0.29) is 10.9 Å². The average Bonchev–Trinajstić information content (AvgIpc) is 2.91. The van der Waals surface area contributed by atoms with Gasteiger partial charge in [0.15, 0.2) is 0 Å². The first-order valence-electron chi connectivity index (χ1n) is 6.97. The lowest BCUT2D eigenvalue weighted by Gasteiger charge is -1.89. The predicted molar refractivity (Wildman–Crippen MR) is 120 cm³/mol. The summed E-state index contributed by atoms with van der Waals surface area (Å²) in [5, 5.41) is -2.65. The minimum Gasteiger partial charge on any atom is -0.284 e. The van der Waals surface area contributed by atoms with Gasteiger partial charge in [-0.1, -0.05) is 30.3 Å². The predicted octanol–water partition coefficient (Wildman–Crippen LogP) is 5.68. The molecule has 0 bridgehead atoms. The van der Waals surface area contributed by atoms with Gasteiger partial charge in [-0.05, 0) is 59.2 Å². The highest BCUT2D eigenvalue weighted by atomic mass is 35.8. The van der Waals surface area contributed by atoms with Crippen LogP contribution in [0.15, 0.2) is 64.4 Å². The van der Waals surface area contributed by atoms with Crippen molar-refractivity contribution in [1.29, 1.82) is 0 Å². The fourth-order valence-electron chi connectivity index (χ4n) is 1.43. The van der Waals surface area contributed by atoms with Crippen LogP contribution in [0.2, 0.25) is 0 Å². The SMILES string of the molecule is O=C(Cl)C(=O)Cl.O=C1Sc2ccccc2C1=O.Sc1ccccc1.[Cl][Al]([Cl])[Cl]. The Balaban J connectivity index is 0.000000376. The Labute approximate surface area is 198 Å². The smallest absolute Gasteiger partial charge is 0.284 e. The summed E-state index contributed by atoms with van der Waals surface area (Å²) < 4.78 is 0. The van der Waals surface area contributed by atoms with E-state index in [9.17, 15) is 19.2 Å². The summed E-state index contributed by atoms with van der Waals surface area (Å²) >= 11 is 12.4. The number of thioether (sulfide) groups is 1. The molecule has 1 aliphatic rings. The number of carbonyl (C=O) groups is 4. The Bertz CT molecular complexity index is 807. The van der Waals surface area contributed by atoms with Crippen LogP contribution in [0.25, 0.3) is 0 Å². The fourth-order valence-corrected chi connectivity index (χ4v) is 2.42. The number of ketones is 1. The Kier molecular flexibility index (Phi) is 15.5. The number of hydrogen-bond acceptors (Lipinski definition) is 6. The lowest BCUT2D eigenvalue weighted by atomic mass is 10.1. The van der Waals surface area contributed by atoms with Gasteiger partial charge in [-0.15, -0.1) is 12.6 Å². The number of halogens is 5. The highest BCUT2D eigenvalue weighted by molar-refractivity contribution is 8.16. The summed E-state index contributed by atoms with van der Waals surface area (Å²) in [6, 6.07) is 16.8. The molecule has 0 aliphatic carbocycles. The van der Waals surface area contributed by atoms with E-state index in [1.807, 2.05) is 36.4 Å². The van der Waals surface area contributed by atoms with E-state index in [0.717, 1.165) is 21.6 Å². The van der Waals surface area contributed by atoms with Crippen LogP contribution in [-0.2, 0) is 14.4 Å². The third kappa shape index (κ3) is 13.1. The Morgan fingerprint density at radius 3 is 1.61 bits per heavy atom. The summed E-state index contributed by atoms with van der Waals surface area (Å²) in [5.74, 6) is -0.370. The topological polar surface area (TPSA) is 68.3 Å². The van der Waals surface area contributed by atoms with Crippen molar-refractivity contribution in [1.82, 2.24) is 0 Å².